The van der Waals surface area contributed by atoms with E-state index in [4.69, 9.17) is 5.11 Å². The molecule has 2 fully saturated rings. The Bertz CT molecular complexity index is 658. The molecule has 0 aromatic carbocycles. The van der Waals surface area contributed by atoms with Crippen LogP contribution in [0, 0.1) is 5.92 Å². The van der Waals surface area contributed by atoms with E-state index >= 15 is 0 Å². The largest absolute Gasteiger partial charge is 0.480 e. The minimum atomic E-state index is -0.794. The zero-order chi connectivity index (χ0) is 18.7. The molecule has 2 aliphatic carbocycles. The SMILES string of the molecule is CN(C)c1ccnc(NC(=O)NC2CC(N(CC(=O)O)CC3CC3)C2)n1. The van der Waals surface area contributed by atoms with Crippen molar-refractivity contribution in [3.63, 3.8) is 0 Å². The summed E-state index contributed by atoms with van der Waals surface area (Å²) in [7, 11) is 3.73. The molecule has 9 nitrogen and oxygen atoms in total. The van der Waals surface area contributed by atoms with Crippen LogP contribution in [0.1, 0.15) is 25.7 Å². The van der Waals surface area contributed by atoms with Gasteiger partial charge in [0.25, 0.3) is 0 Å². The van der Waals surface area contributed by atoms with Gasteiger partial charge in [0.1, 0.15) is 5.82 Å². The molecule has 0 unspecified atom stereocenters. The topological polar surface area (TPSA) is 111 Å². The van der Waals surface area contributed by atoms with Gasteiger partial charge in [-0.15, -0.1) is 0 Å². The van der Waals surface area contributed by atoms with Gasteiger partial charge in [-0.05, 0) is 37.7 Å². The molecule has 0 saturated heterocycles. The zero-order valence-electron chi connectivity index (χ0n) is 15.2. The van der Waals surface area contributed by atoms with Gasteiger partial charge in [-0.25, -0.2) is 9.78 Å². The Morgan fingerprint density at radius 2 is 2.04 bits per heavy atom. The lowest BCUT2D eigenvalue weighted by Crippen LogP contribution is -2.56. The van der Waals surface area contributed by atoms with E-state index < -0.39 is 5.97 Å². The van der Waals surface area contributed by atoms with E-state index in [2.05, 4.69) is 20.6 Å². The monoisotopic (exact) mass is 362 g/mol. The number of hydrogen-bond acceptors (Lipinski definition) is 6. The van der Waals surface area contributed by atoms with Crippen molar-refractivity contribution in [1.29, 1.82) is 0 Å². The van der Waals surface area contributed by atoms with Crippen LogP contribution >= 0.6 is 0 Å². The maximum absolute atomic E-state index is 12.1. The number of carboxylic acid groups (broad SMARTS) is 1. The second-order valence-electron chi connectivity index (χ2n) is 7.32. The molecular weight excluding hydrogens is 336 g/mol. The van der Waals surface area contributed by atoms with Crippen molar-refractivity contribution >= 4 is 23.8 Å². The van der Waals surface area contributed by atoms with E-state index in [9.17, 15) is 9.59 Å². The van der Waals surface area contributed by atoms with E-state index in [1.54, 1.807) is 12.3 Å². The van der Waals surface area contributed by atoms with Crippen LogP contribution in [-0.4, -0.2) is 71.2 Å². The molecule has 2 saturated carbocycles. The normalized spacial score (nSPS) is 21.8. The van der Waals surface area contributed by atoms with Crippen molar-refractivity contribution in [1.82, 2.24) is 20.2 Å². The van der Waals surface area contributed by atoms with E-state index in [-0.39, 0.29) is 30.6 Å². The van der Waals surface area contributed by atoms with Gasteiger partial charge in [0.15, 0.2) is 0 Å². The Kier molecular flexibility index (Phi) is 5.55. The highest BCUT2D eigenvalue weighted by Crippen LogP contribution is 2.33. The fourth-order valence-electron chi connectivity index (χ4n) is 3.13. The molecule has 3 N–H and O–H groups in total. The van der Waals surface area contributed by atoms with Crippen molar-refractivity contribution in [3.8, 4) is 0 Å². The number of carbonyl (C=O) groups is 2. The number of urea groups is 1. The first-order valence-corrected chi connectivity index (χ1v) is 8.94. The van der Waals surface area contributed by atoms with Crippen LogP contribution in [0.4, 0.5) is 16.6 Å². The lowest BCUT2D eigenvalue weighted by atomic mass is 9.85. The van der Waals surface area contributed by atoms with Crippen LogP contribution in [-0.2, 0) is 4.79 Å². The number of nitrogens with zero attached hydrogens (tertiary/aromatic N) is 4. The molecule has 2 aliphatic rings. The van der Waals surface area contributed by atoms with Crippen molar-refractivity contribution in [3.05, 3.63) is 12.3 Å². The highest BCUT2D eigenvalue weighted by Gasteiger charge is 2.37. The van der Waals surface area contributed by atoms with Crippen LogP contribution in [0.2, 0.25) is 0 Å². The molecule has 0 radical (unpaired) electrons. The highest BCUT2D eigenvalue weighted by atomic mass is 16.4. The first-order chi connectivity index (χ1) is 12.4. The number of hydrogen-bond donors (Lipinski definition) is 3. The van der Waals surface area contributed by atoms with Crippen molar-refractivity contribution in [2.45, 2.75) is 37.8 Å². The van der Waals surface area contributed by atoms with Crippen molar-refractivity contribution < 1.29 is 14.7 Å². The Morgan fingerprint density at radius 3 is 2.65 bits per heavy atom. The molecular formula is C17H26N6O3. The summed E-state index contributed by atoms with van der Waals surface area (Å²) in [5.41, 5.74) is 0. The molecule has 3 rings (SSSR count). The molecule has 9 heteroatoms. The first kappa shape index (κ1) is 18.4. The summed E-state index contributed by atoms with van der Waals surface area (Å²) in [6.45, 7) is 0.923. The standard InChI is InChI=1S/C17H26N6O3/c1-22(2)14-5-6-18-16(20-14)21-17(26)19-12-7-13(8-12)23(10-15(24)25)9-11-3-4-11/h5-6,11-13H,3-4,7-10H2,1-2H3,(H,24,25)(H2,18,19,20,21,26). The number of anilines is 2. The van der Waals surface area contributed by atoms with Gasteiger partial charge in [0.05, 0.1) is 6.54 Å². The fraction of sp³-hybridized carbons (Fsp3) is 0.647. The third kappa shape index (κ3) is 5.04. The maximum atomic E-state index is 12.1. The molecule has 0 atom stereocenters. The van der Waals surface area contributed by atoms with Crippen LogP contribution < -0.4 is 15.5 Å². The number of carboxylic acids is 1. The van der Waals surface area contributed by atoms with E-state index in [1.807, 2.05) is 23.9 Å². The van der Waals surface area contributed by atoms with Gasteiger partial charge in [-0.1, -0.05) is 0 Å². The molecule has 1 aromatic heterocycles. The summed E-state index contributed by atoms with van der Waals surface area (Å²) in [4.78, 5) is 35.3. The molecule has 1 aromatic rings. The van der Waals surface area contributed by atoms with Crippen molar-refractivity contribution in [2.75, 3.05) is 37.4 Å². The minimum Gasteiger partial charge on any atom is -0.480 e. The highest BCUT2D eigenvalue weighted by molar-refractivity contribution is 5.87. The molecule has 1 heterocycles. The summed E-state index contributed by atoms with van der Waals surface area (Å²) in [5, 5.41) is 14.6. The Balaban J connectivity index is 1.44. The van der Waals surface area contributed by atoms with Crippen LogP contribution in [0.15, 0.2) is 12.3 Å². The van der Waals surface area contributed by atoms with Gasteiger partial charge in [0.2, 0.25) is 5.95 Å². The smallest absolute Gasteiger partial charge is 0.321 e. The number of aliphatic carboxylic acids is 1. The number of carbonyl (C=O) groups excluding carboxylic acids is 1. The molecule has 0 spiro atoms. The first-order valence-electron chi connectivity index (χ1n) is 8.94. The maximum Gasteiger partial charge on any atom is 0.321 e. The van der Waals surface area contributed by atoms with E-state index in [1.165, 1.54) is 12.8 Å². The Labute approximate surface area is 152 Å². The number of aromatic nitrogens is 2. The lowest BCUT2D eigenvalue weighted by molar-refractivity contribution is -0.139. The Hall–Kier alpha value is -2.42. The quantitative estimate of drug-likeness (QED) is 0.632. The molecule has 0 aliphatic heterocycles. The summed E-state index contributed by atoms with van der Waals surface area (Å²) in [5.74, 6) is 0.817. The summed E-state index contributed by atoms with van der Waals surface area (Å²) in [6.07, 6.45) is 5.52. The van der Waals surface area contributed by atoms with Crippen molar-refractivity contribution in [2.24, 2.45) is 5.92 Å². The second kappa shape index (κ2) is 7.86. The second-order valence-corrected chi connectivity index (χ2v) is 7.32. The molecule has 2 amide bonds. The van der Waals surface area contributed by atoms with E-state index in [0.29, 0.717) is 11.7 Å². The molecule has 142 valence electrons. The molecule has 0 bridgehead atoms. The average Bonchev–Trinajstić information content (AvgIpc) is 3.33. The predicted molar refractivity (Wildman–Crippen MR) is 97.3 cm³/mol. The lowest BCUT2D eigenvalue weighted by Gasteiger charge is -2.42. The minimum absolute atomic E-state index is 0.0486. The third-order valence-corrected chi connectivity index (χ3v) is 4.82. The summed E-state index contributed by atoms with van der Waals surface area (Å²) in [6, 6.07) is 1.70. The summed E-state index contributed by atoms with van der Waals surface area (Å²) >= 11 is 0. The van der Waals surface area contributed by atoms with Gasteiger partial charge in [-0.2, -0.15) is 4.98 Å². The van der Waals surface area contributed by atoms with Crippen LogP contribution in [0.3, 0.4) is 0 Å². The van der Waals surface area contributed by atoms with Crippen LogP contribution in [0.5, 0.6) is 0 Å². The number of rotatable bonds is 8. The van der Waals surface area contributed by atoms with Gasteiger partial charge in [-0.3, -0.25) is 15.0 Å². The summed E-state index contributed by atoms with van der Waals surface area (Å²) < 4.78 is 0. The predicted octanol–water partition coefficient (Wildman–Crippen LogP) is 0.992. The average molecular weight is 362 g/mol. The third-order valence-electron chi connectivity index (χ3n) is 4.82. The van der Waals surface area contributed by atoms with E-state index in [0.717, 1.165) is 19.4 Å². The van der Waals surface area contributed by atoms with Gasteiger partial charge in [0, 0.05) is 38.9 Å². The Morgan fingerprint density at radius 1 is 1.31 bits per heavy atom. The number of amides is 2. The van der Waals surface area contributed by atoms with Crippen LogP contribution in [0.25, 0.3) is 0 Å². The zero-order valence-corrected chi connectivity index (χ0v) is 15.2. The fourth-order valence-corrected chi connectivity index (χ4v) is 3.13. The van der Waals surface area contributed by atoms with Gasteiger partial charge < -0.3 is 15.3 Å². The number of nitrogens with one attached hydrogen (secondary N) is 2. The molecule has 26 heavy (non-hydrogen) atoms. The van der Waals surface area contributed by atoms with Gasteiger partial charge >= 0.3 is 12.0 Å².